The van der Waals surface area contributed by atoms with Gasteiger partial charge in [-0.2, -0.15) is 5.26 Å². The molecule has 0 aliphatic rings. The zero-order valence-corrected chi connectivity index (χ0v) is 12.4. The number of anilines is 1. The first kappa shape index (κ1) is 15.8. The quantitative estimate of drug-likeness (QED) is 0.859. The lowest BCUT2D eigenvalue weighted by Gasteiger charge is -2.21. The van der Waals surface area contributed by atoms with Gasteiger partial charge in [-0.1, -0.05) is 13.8 Å². The lowest BCUT2D eigenvalue weighted by Crippen LogP contribution is -2.37. The van der Waals surface area contributed by atoms with Crippen LogP contribution >= 0.6 is 0 Å². The van der Waals surface area contributed by atoms with Crippen LogP contribution in [0.3, 0.4) is 0 Å². The molecule has 1 amide bonds. The summed E-state index contributed by atoms with van der Waals surface area (Å²) in [5.41, 5.74) is 1.21. The van der Waals surface area contributed by atoms with E-state index in [4.69, 9.17) is 10.00 Å². The summed E-state index contributed by atoms with van der Waals surface area (Å²) in [4.78, 5) is 13.6. The van der Waals surface area contributed by atoms with Crippen molar-refractivity contribution >= 4 is 11.6 Å². The molecule has 0 saturated carbocycles. The van der Waals surface area contributed by atoms with E-state index in [1.54, 1.807) is 37.3 Å². The predicted molar refractivity (Wildman–Crippen MR) is 78.8 cm³/mol. The molecule has 1 N–H and O–H groups in total. The minimum absolute atomic E-state index is 0.0621. The highest BCUT2D eigenvalue weighted by atomic mass is 16.5. The number of methoxy groups -OCH3 is 1. The van der Waals surface area contributed by atoms with Gasteiger partial charge in [0.05, 0.1) is 24.9 Å². The molecule has 0 atom stereocenters. The number of ether oxygens (including phenoxy) is 1. The van der Waals surface area contributed by atoms with Crippen molar-refractivity contribution < 1.29 is 9.53 Å². The summed E-state index contributed by atoms with van der Waals surface area (Å²) >= 11 is 0. The number of likely N-dealkylation sites (N-methyl/N-ethyl adjacent to an activating group) is 1. The van der Waals surface area contributed by atoms with E-state index >= 15 is 0 Å². The number of hydrogen-bond acceptors (Lipinski definition) is 4. The molecule has 108 valence electrons. The first-order chi connectivity index (χ1) is 9.47. The van der Waals surface area contributed by atoms with Gasteiger partial charge in [0.15, 0.2) is 0 Å². The first-order valence-electron chi connectivity index (χ1n) is 6.54. The number of nitriles is 1. The summed E-state index contributed by atoms with van der Waals surface area (Å²) in [6.07, 6.45) is 0. The van der Waals surface area contributed by atoms with Crippen molar-refractivity contribution in [1.82, 2.24) is 5.32 Å². The van der Waals surface area contributed by atoms with Crippen molar-refractivity contribution in [3.05, 3.63) is 23.8 Å². The van der Waals surface area contributed by atoms with Crippen molar-refractivity contribution in [2.45, 2.75) is 13.8 Å². The second-order valence-corrected chi connectivity index (χ2v) is 5.05. The highest BCUT2D eigenvalue weighted by molar-refractivity contribution is 5.82. The van der Waals surface area contributed by atoms with Crippen molar-refractivity contribution in [3.63, 3.8) is 0 Å². The minimum Gasteiger partial charge on any atom is -0.497 e. The zero-order chi connectivity index (χ0) is 15.1. The molecule has 5 nitrogen and oxygen atoms in total. The van der Waals surface area contributed by atoms with Gasteiger partial charge in [-0.15, -0.1) is 0 Å². The summed E-state index contributed by atoms with van der Waals surface area (Å²) in [6.45, 7) is 4.93. The zero-order valence-electron chi connectivity index (χ0n) is 12.4. The normalized spacial score (nSPS) is 10.0. The molecular weight excluding hydrogens is 254 g/mol. The van der Waals surface area contributed by atoms with E-state index in [0.717, 1.165) is 0 Å². The number of carbonyl (C=O) groups excluding carboxylic acids is 1. The Morgan fingerprint density at radius 3 is 2.75 bits per heavy atom. The van der Waals surface area contributed by atoms with Crippen LogP contribution < -0.4 is 15.0 Å². The van der Waals surface area contributed by atoms with Gasteiger partial charge < -0.3 is 15.0 Å². The number of amides is 1. The third kappa shape index (κ3) is 4.47. The largest absolute Gasteiger partial charge is 0.497 e. The van der Waals surface area contributed by atoms with Crippen LogP contribution in [0.15, 0.2) is 18.2 Å². The van der Waals surface area contributed by atoms with E-state index in [9.17, 15) is 4.79 Å². The molecule has 0 radical (unpaired) electrons. The molecule has 5 heteroatoms. The lowest BCUT2D eigenvalue weighted by molar-refractivity contribution is -0.119. The number of nitrogens with zero attached hydrogens (tertiary/aromatic N) is 2. The molecule has 0 aliphatic heterocycles. The fraction of sp³-hybridized carbons (Fsp3) is 0.467. The highest BCUT2D eigenvalue weighted by Gasteiger charge is 2.12. The highest BCUT2D eigenvalue weighted by Crippen LogP contribution is 2.24. The topological polar surface area (TPSA) is 65.4 Å². The maximum Gasteiger partial charge on any atom is 0.239 e. The van der Waals surface area contributed by atoms with Gasteiger partial charge in [0.2, 0.25) is 5.91 Å². The monoisotopic (exact) mass is 275 g/mol. The Balaban J connectivity index is 2.78. The van der Waals surface area contributed by atoms with Gasteiger partial charge in [0, 0.05) is 19.7 Å². The Morgan fingerprint density at radius 2 is 2.20 bits per heavy atom. The van der Waals surface area contributed by atoms with Crippen LogP contribution in [0.1, 0.15) is 19.4 Å². The van der Waals surface area contributed by atoms with Crippen molar-refractivity contribution in [2.75, 3.05) is 32.1 Å². The molecule has 0 spiro atoms. The van der Waals surface area contributed by atoms with E-state index < -0.39 is 0 Å². The number of benzene rings is 1. The van der Waals surface area contributed by atoms with Crippen molar-refractivity contribution in [3.8, 4) is 11.8 Å². The third-order valence-electron chi connectivity index (χ3n) is 2.82. The van der Waals surface area contributed by atoms with E-state index in [2.05, 4.69) is 11.4 Å². The van der Waals surface area contributed by atoms with Gasteiger partial charge in [-0.05, 0) is 18.1 Å². The van der Waals surface area contributed by atoms with E-state index in [0.29, 0.717) is 29.5 Å². The molecule has 1 rings (SSSR count). The Bertz CT molecular complexity index is 506. The molecule has 1 aromatic carbocycles. The third-order valence-corrected chi connectivity index (χ3v) is 2.82. The molecular formula is C15H21N3O2. The number of rotatable bonds is 6. The average Bonchev–Trinajstić information content (AvgIpc) is 2.44. The fourth-order valence-electron chi connectivity index (χ4n) is 1.72. The SMILES string of the molecule is COc1ccc(C#N)c(N(C)CC(=O)NCC(C)C)c1. The second kappa shape index (κ2) is 7.39. The summed E-state index contributed by atoms with van der Waals surface area (Å²) in [6, 6.07) is 7.30. The van der Waals surface area contributed by atoms with Crippen molar-refractivity contribution in [1.29, 1.82) is 5.26 Å². The van der Waals surface area contributed by atoms with Crippen LogP contribution in [-0.4, -0.2) is 33.2 Å². The maximum absolute atomic E-state index is 11.8. The number of nitrogens with one attached hydrogen (secondary N) is 1. The van der Waals surface area contributed by atoms with Crippen molar-refractivity contribution in [2.24, 2.45) is 5.92 Å². The van der Waals surface area contributed by atoms with Crippen LogP contribution in [0.25, 0.3) is 0 Å². The molecule has 1 aromatic rings. The summed E-state index contributed by atoms with van der Waals surface area (Å²) in [7, 11) is 3.35. The van der Waals surface area contributed by atoms with Crippen LogP contribution in [0.5, 0.6) is 5.75 Å². The number of hydrogen-bond donors (Lipinski definition) is 1. The van der Waals surface area contributed by atoms with Gasteiger partial charge in [0.25, 0.3) is 0 Å². The van der Waals surface area contributed by atoms with Crippen LogP contribution in [-0.2, 0) is 4.79 Å². The standard InChI is InChI=1S/C15H21N3O2/c1-11(2)9-17-15(19)10-18(3)14-7-13(20-4)6-5-12(14)8-16/h5-7,11H,9-10H2,1-4H3,(H,17,19). The summed E-state index contributed by atoms with van der Waals surface area (Å²) < 4.78 is 5.15. The minimum atomic E-state index is -0.0621. The van der Waals surface area contributed by atoms with E-state index in [-0.39, 0.29) is 12.5 Å². The maximum atomic E-state index is 11.8. The van der Waals surface area contributed by atoms with Crippen LogP contribution in [0, 0.1) is 17.2 Å². The Hall–Kier alpha value is -2.22. The van der Waals surface area contributed by atoms with Crippen LogP contribution in [0.4, 0.5) is 5.69 Å². The summed E-state index contributed by atoms with van der Waals surface area (Å²) in [5.74, 6) is 1.01. The van der Waals surface area contributed by atoms with Crippen LogP contribution in [0.2, 0.25) is 0 Å². The van der Waals surface area contributed by atoms with Gasteiger partial charge in [-0.25, -0.2) is 0 Å². The molecule has 0 saturated heterocycles. The molecule has 0 bridgehead atoms. The Labute approximate surface area is 120 Å². The molecule has 20 heavy (non-hydrogen) atoms. The first-order valence-corrected chi connectivity index (χ1v) is 6.54. The van der Waals surface area contributed by atoms with E-state index in [1.807, 2.05) is 13.8 Å². The van der Waals surface area contributed by atoms with Gasteiger partial charge in [0.1, 0.15) is 11.8 Å². The number of carbonyl (C=O) groups is 1. The molecule has 0 aliphatic carbocycles. The van der Waals surface area contributed by atoms with Gasteiger partial charge in [-0.3, -0.25) is 4.79 Å². The molecule has 0 fully saturated rings. The fourth-order valence-corrected chi connectivity index (χ4v) is 1.72. The average molecular weight is 275 g/mol. The second-order valence-electron chi connectivity index (χ2n) is 5.05. The molecule has 0 aromatic heterocycles. The van der Waals surface area contributed by atoms with Gasteiger partial charge >= 0.3 is 0 Å². The Morgan fingerprint density at radius 1 is 1.50 bits per heavy atom. The smallest absolute Gasteiger partial charge is 0.239 e. The molecule has 0 unspecified atom stereocenters. The predicted octanol–water partition coefficient (Wildman–Crippen LogP) is 1.78. The lowest BCUT2D eigenvalue weighted by atomic mass is 10.1. The summed E-state index contributed by atoms with van der Waals surface area (Å²) in [5, 5.41) is 12.0. The molecule has 0 heterocycles. The Kier molecular flexibility index (Phi) is 5.85. The van der Waals surface area contributed by atoms with E-state index in [1.165, 1.54) is 0 Å².